The van der Waals surface area contributed by atoms with Gasteiger partial charge in [-0.2, -0.15) is 11.8 Å². The topological polar surface area (TPSA) is 105 Å². The summed E-state index contributed by atoms with van der Waals surface area (Å²) >= 11 is 1.64. The van der Waals surface area contributed by atoms with E-state index in [1.165, 1.54) is 0 Å². The van der Waals surface area contributed by atoms with Crippen LogP contribution in [0.5, 0.6) is 0 Å². The van der Waals surface area contributed by atoms with E-state index >= 15 is 0 Å². The molecule has 0 unspecified atom stereocenters. The lowest BCUT2D eigenvalue weighted by atomic mass is 9.91. The highest BCUT2D eigenvalue weighted by Gasteiger charge is 2.38. The van der Waals surface area contributed by atoms with Crippen molar-refractivity contribution in [2.75, 3.05) is 18.1 Å². The van der Waals surface area contributed by atoms with E-state index in [9.17, 15) is 18.6 Å². The van der Waals surface area contributed by atoms with Gasteiger partial charge in [-0.1, -0.05) is 73.7 Å². The van der Waals surface area contributed by atoms with Crippen LogP contribution in [0.3, 0.4) is 0 Å². The molecule has 4 rings (SSSR count). The zero-order valence-corrected chi connectivity index (χ0v) is 22.3. The molecular weight excluding hydrogens is 510 g/mol. The van der Waals surface area contributed by atoms with Gasteiger partial charge >= 0.3 is 0 Å². The summed E-state index contributed by atoms with van der Waals surface area (Å²) in [6, 6.07) is 23.6. The van der Waals surface area contributed by atoms with Crippen molar-refractivity contribution in [3.05, 3.63) is 101 Å². The largest absolute Gasteiger partial charge is 0.396 e. The normalized spacial score (nSPS) is 22.1. The molecule has 1 aliphatic rings. The third kappa shape index (κ3) is 7.20. The Morgan fingerprint density at radius 2 is 1.51 bits per heavy atom. The quantitative estimate of drug-likeness (QED) is 0.312. The zero-order valence-electron chi connectivity index (χ0n) is 20.7. The SMILES string of the molecule is C[C@@H]1[C@H](CSCCO)O[C@H](c2ccc(CNS(=O)(=O)c3ccccc3)cc2)O[C@@H]1c1ccc(CO)cc1. The molecule has 1 aliphatic heterocycles. The Balaban J connectivity index is 1.48. The molecule has 0 bridgehead atoms. The number of thioether (sulfide) groups is 1. The van der Waals surface area contributed by atoms with Gasteiger partial charge in [-0.25, -0.2) is 13.1 Å². The van der Waals surface area contributed by atoms with E-state index in [4.69, 9.17) is 9.47 Å². The number of benzene rings is 3. The van der Waals surface area contributed by atoms with Crippen LogP contribution in [0.4, 0.5) is 0 Å². The molecule has 198 valence electrons. The van der Waals surface area contributed by atoms with Crippen molar-refractivity contribution >= 4 is 21.8 Å². The number of ether oxygens (including phenoxy) is 2. The van der Waals surface area contributed by atoms with Crippen molar-refractivity contribution < 1.29 is 28.1 Å². The van der Waals surface area contributed by atoms with Crippen LogP contribution in [0.25, 0.3) is 0 Å². The maximum absolute atomic E-state index is 12.5. The van der Waals surface area contributed by atoms with Gasteiger partial charge in [0.25, 0.3) is 0 Å². The number of hydrogen-bond acceptors (Lipinski definition) is 7. The fourth-order valence-corrected chi connectivity index (χ4v) is 6.18. The summed E-state index contributed by atoms with van der Waals surface area (Å²) in [6.45, 7) is 2.38. The molecular formula is C28H33NO6S2. The Morgan fingerprint density at radius 1 is 0.865 bits per heavy atom. The first-order valence-corrected chi connectivity index (χ1v) is 14.9. The fraction of sp³-hybridized carbons (Fsp3) is 0.357. The minimum atomic E-state index is -3.59. The molecule has 37 heavy (non-hydrogen) atoms. The van der Waals surface area contributed by atoms with E-state index in [1.807, 2.05) is 48.5 Å². The van der Waals surface area contributed by atoms with Crippen molar-refractivity contribution in [1.29, 1.82) is 0 Å². The molecule has 3 N–H and O–H groups in total. The van der Waals surface area contributed by atoms with E-state index in [2.05, 4.69) is 11.6 Å². The van der Waals surface area contributed by atoms with E-state index in [-0.39, 0.29) is 42.8 Å². The molecule has 0 aliphatic carbocycles. The number of nitrogens with one attached hydrogen (secondary N) is 1. The van der Waals surface area contributed by atoms with Crippen LogP contribution in [-0.4, -0.2) is 42.8 Å². The van der Waals surface area contributed by atoms with Crippen LogP contribution in [0.1, 0.15) is 41.6 Å². The molecule has 1 saturated heterocycles. The third-order valence-electron chi connectivity index (χ3n) is 6.41. The Labute approximate surface area is 222 Å². The van der Waals surface area contributed by atoms with Gasteiger partial charge in [-0.15, -0.1) is 0 Å². The zero-order chi connectivity index (χ0) is 26.3. The predicted molar refractivity (Wildman–Crippen MR) is 144 cm³/mol. The Hall–Kier alpha value is -2.24. The number of aliphatic hydroxyl groups excluding tert-OH is 2. The number of rotatable bonds is 11. The van der Waals surface area contributed by atoms with Crippen LogP contribution in [0.15, 0.2) is 83.8 Å². The van der Waals surface area contributed by atoms with E-state index in [1.54, 1.807) is 42.1 Å². The molecule has 9 heteroatoms. The molecule has 4 atom stereocenters. The average Bonchev–Trinajstić information content (AvgIpc) is 2.94. The van der Waals surface area contributed by atoms with Crippen LogP contribution in [-0.2, 0) is 32.6 Å². The Kier molecular flexibility index (Phi) is 9.77. The molecule has 0 radical (unpaired) electrons. The lowest BCUT2D eigenvalue weighted by molar-refractivity contribution is -0.268. The van der Waals surface area contributed by atoms with E-state index in [0.717, 1.165) is 28.0 Å². The average molecular weight is 544 g/mol. The first-order valence-electron chi connectivity index (χ1n) is 12.2. The van der Waals surface area contributed by atoms with Crippen molar-refractivity contribution in [2.24, 2.45) is 5.92 Å². The molecule has 3 aromatic carbocycles. The van der Waals surface area contributed by atoms with Gasteiger partial charge in [0.2, 0.25) is 10.0 Å². The maximum atomic E-state index is 12.5. The summed E-state index contributed by atoms with van der Waals surface area (Å²) in [7, 11) is -3.59. The first-order chi connectivity index (χ1) is 17.9. The second kappa shape index (κ2) is 13.0. The first kappa shape index (κ1) is 27.8. The minimum absolute atomic E-state index is 0.0125. The van der Waals surface area contributed by atoms with Crippen LogP contribution >= 0.6 is 11.8 Å². The third-order valence-corrected chi connectivity index (χ3v) is 8.87. The van der Waals surface area contributed by atoms with Crippen molar-refractivity contribution in [3.8, 4) is 0 Å². The molecule has 7 nitrogen and oxygen atoms in total. The number of sulfonamides is 1. The van der Waals surface area contributed by atoms with Gasteiger partial charge in [0.15, 0.2) is 6.29 Å². The summed E-state index contributed by atoms with van der Waals surface area (Å²) < 4.78 is 40.5. The summed E-state index contributed by atoms with van der Waals surface area (Å²) in [4.78, 5) is 0.230. The molecule has 0 spiro atoms. The summed E-state index contributed by atoms with van der Waals surface area (Å²) in [5, 5.41) is 18.6. The molecule has 0 saturated carbocycles. The van der Waals surface area contributed by atoms with Gasteiger partial charge in [0, 0.05) is 29.5 Å². The Bertz CT molecular complexity index is 1220. The van der Waals surface area contributed by atoms with Gasteiger partial charge in [-0.3, -0.25) is 0 Å². The monoisotopic (exact) mass is 543 g/mol. The molecule has 1 heterocycles. The van der Waals surface area contributed by atoms with E-state index in [0.29, 0.717) is 5.75 Å². The molecule has 1 fully saturated rings. The lowest BCUT2D eigenvalue weighted by Crippen LogP contribution is -2.38. The van der Waals surface area contributed by atoms with E-state index < -0.39 is 16.3 Å². The van der Waals surface area contributed by atoms with Crippen LogP contribution in [0.2, 0.25) is 0 Å². The smallest absolute Gasteiger partial charge is 0.240 e. The highest BCUT2D eigenvalue weighted by atomic mass is 32.2. The summed E-state index contributed by atoms with van der Waals surface area (Å²) in [5.74, 6) is 1.45. The standard InChI is InChI=1S/C28H33NO6S2/c1-20-26(19-36-16-15-30)34-28(35-27(20)23-11-9-22(18-31)10-12-23)24-13-7-21(8-14-24)17-29-37(32,33)25-5-3-2-4-6-25/h2-14,20,26-31H,15-19H2,1H3/t20-,26+,27+,28+/m1/s1. The van der Waals surface area contributed by atoms with Crippen LogP contribution in [0, 0.1) is 5.92 Å². The molecule has 3 aromatic rings. The summed E-state index contributed by atoms with van der Waals surface area (Å²) in [6.07, 6.45) is -0.882. The van der Waals surface area contributed by atoms with Crippen molar-refractivity contribution in [2.45, 2.75) is 43.5 Å². The van der Waals surface area contributed by atoms with Crippen LogP contribution < -0.4 is 4.72 Å². The predicted octanol–water partition coefficient (Wildman–Crippen LogP) is 4.17. The van der Waals surface area contributed by atoms with Gasteiger partial charge in [0.1, 0.15) is 0 Å². The van der Waals surface area contributed by atoms with Gasteiger partial charge in [0.05, 0.1) is 30.3 Å². The van der Waals surface area contributed by atoms with Crippen molar-refractivity contribution in [3.63, 3.8) is 0 Å². The summed E-state index contributed by atoms with van der Waals surface area (Å²) in [5.41, 5.74) is 3.52. The van der Waals surface area contributed by atoms with Gasteiger partial charge in [-0.05, 0) is 28.8 Å². The second-order valence-corrected chi connectivity index (χ2v) is 11.9. The fourth-order valence-electron chi connectivity index (χ4n) is 4.23. The Morgan fingerprint density at radius 3 is 2.16 bits per heavy atom. The number of hydrogen-bond donors (Lipinski definition) is 3. The highest BCUT2D eigenvalue weighted by Crippen LogP contribution is 2.42. The second-order valence-electron chi connectivity index (χ2n) is 9.00. The van der Waals surface area contributed by atoms with Crippen molar-refractivity contribution in [1.82, 2.24) is 4.72 Å². The molecule has 0 amide bonds. The maximum Gasteiger partial charge on any atom is 0.240 e. The molecule has 0 aromatic heterocycles. The highest BCUT2D eigenvalue weighted by molar-refractivity contribution is 7.99. The minimum Gasteiger partial charge on any atom is -0.396 e. The van der Waals surface area contributed by atoms with Gasteiger partial charge < -0.3 is 19.7 Å². The number of aliphatic hydroxyl groups is 2. The lowest BCUT2D eigenvalue weighted by Gasteiger charge is -2.41.